The molecule has 0 saturated carbocycles. The molecule has 6 heteroatoms. The second kappa shape index (κ2) is 6.19. The number of nitrogens with one attached hydrogen (secondary N) is 1. The Labute approximate surface area is 119 Å². The number of rotatable bonds is 6. The molecule has 2 aromatic rings. The number of benzene rings is 1. The predicted molar refractivity (Wildman–Crippen MR) is 79.7 cm³/mol. The van der Waals surface area contributed by atoms with Crippen molar-refractivity contribution in [2.24, 2.45) is 0 Å². The summed E-state index contributed by atoms with van der Waals surface area (Å²) in [7, 11) is -3.05. The first-order valence-electron chi connectivity index (χ1n) is 6.50. The lowest BCUT2D eigenvalue weighted by molar-refractivity contribution is 0.563. The second-order valence-electron chi connectivity index (χ2n) is 4.76. The van der Waals surface area contributed by atoms with Gasteiger partial charge in [-0.2, -0.15) is 5.10 Å². The largest absolute Gasteiger partial charge is 0.309 e. The van der Waals surface area contributed by atoms with Gasteiger partial charge < -0.3 is 5.32 Å². The van der Waals surface area contributed by atoms with Crippen molar-refractivity contribution in [3.05, 3.63) is 48.3 Å². The Morgan fingerprint density at radius 1 is 1.30 bits per heavy atom. The first-order chi connectivity index (χ1) is 9.49. The quantitative estimate of drug-likeness (QED) is 0.878. The SMILES string of the molecule is CCNC(CS(C)(=O)=O)c1cnn(-c2ccccc2)c1. The number of nitrogens with zero attached hydrogens (tertiary/aromatic N) is 2. The summed E-state index contributed by atoms with van der Waals surface area (Å²) in [5, 5.41) is 7.49. The molecule has 0 bridgehead atoms. The molecule has 0 radical (unpaired) electrons. The van der Waals surface area contributed by atoms with Crippen molar-refractivity contribution in [2.75, 3.05) is 18.6 Å². The summed E-state index contributed by atoms with van der Waals surface area (Å²) >= 11 is 0. The van der Waals surface area contributed by atoms with Gasteiger partial charge >= 0.3 is 0 Å². The summed E-state index contributed by atoms with van der Waals surface area (Å²) in [6.07, 6.45) is 4.83. The van der Waals surface area contributed by atoms with E-state index < -0.39 is 9.84 Å². The summed E-state index contributed by atoms with van der Waals surface area (Å²) in [6.45, 7) is 2.66. The predicted octanol–water partition coefficient (Wildman–Crippen LogP) is 1.57. The van der Waals surface area contributed by atoms with E-state index in [4.69, 9.17) is 0 Å². The first kappa shape index (κ1) is 14.7. The van der Waals surface area contributed by atoms with Crippen molar-refractivity contribution >= 4 is 9.84 Å². The lowest BCUT2D eigenvalue weighted by atomic mass is 10.2. The molecule has 0 spiro atoms. The number of hydrogen-bond donors (Lipinski definition) is 1. The van der Waals surface area contributed by atoms with E-state index in [0.29, 0.717) is 6.54 Å². The zero-order chi connectivity index (χ0) is 14.6. The van der Waals surface area contributed by atoms with Gasteiger partial charge in [0.25, 0.3) is 0 Å². The van der Waals surface area contributed by atoms with Gasteiger partial charge in [-0.1, -0.05) is 25.1 Å². The van der Waals surface area contributed by atoms with Gasteiger partial charge in [-0.25, -0.2) is 13.1 Å². The Kier molecular flexibility index (Phi) is 4.57. The van der Waals surface area contributed by atoms with E-state index >= 15 is 0 Å². The van der Waals surface area contributed by atoms with Gasteiger partial charge in [-0.3, -0.25) is 0 Å². The lowest BCUT2D eigenvalue weighted by Crippen LogP contribution is -2.27. The Balaban J connectivity index is 2.25. The average molecular weight is 293 g/mol. The van der Waals surface area contributed by atoms with Crippen LogP contribution >= 0.6 is 0 Å². The van der Waals surface area contributed by atoms with E-state index in [-0.39, 0.29) is 11.8 Å². The molecule has 0 aliphatic carbocycles. The maximum atomic E-state index is 11.5. The van der Waals surface area contributed by atoms with Crippen molar-refractivity contribution < 1.29 is 8.42 Å². The van der Waals surface area contributed by atoms with Crippen LogP contribution in [0.4, 0.5) is 0 Å². The molecule has 20 heavy (non-hydrogen) atoms. The Morgan fingerprint density at radius 3 is 2.60 bits per heavy atom. The molecule has 1 unspecified atom stereocenters. The minimum absolute atomic E-state index is 0.0708. The molecule has 0 aliphatic heterocycles. The van der Waals surface area contributed by atoms with Gasteiger partial charge in [-0.15, -0.1) is 0 Å². The summed E-state index contributed by atoms with van der Waals surface area (Å²) < 4.78 is 24.8. The topological polar surface area (TPSA) is 64.0 Å². The minimum Gasteiger partial charge on any atom is -0.309 e. The molecule has 5 nitrogen and oxygen atoms in total. The fourth-order valence-electron chi connectivity index (χ4n) is 2.06. The van der Waals surface area contributed by atoms with Crippen LogP contribution in [0.25, 0.3) is 5.69 Å². The van der Waals surface area contributed by atoms with Gasteiger partial charge in [-0.05, 0) is 18.7 Å². The molecular formula is C14H19N3O2S. The van der Waals surface area contributed by atoms with Gasteiger partial charge in [0.05, 0.1) is 17.6 Å². The van der Waals surface area contributed by atoms with E-state index in [1.54, 1.807) is 10.9 Å². The molecular weight excluding hydrogens is 274 g/mol. The first-order valence-corrected chi connectivity index (χ1v) is 8.57. The van der Waals surface area contributed by atoms with Crippen LogP contribution in [0, 0.1) is 0 Å². The van der Waals surface area contributed by atoms with Crippen molar-refractivity contribution in [1.29, 1.82) is 0 Å². The van der Waals surface area contributed by atoms with Gasteiger partial charge in [0, 0.05) is 24.1 Å². The normalized spacial score (nSPS) is 13.3. The van der Waals surface area contributed by atoms with Crippen molar-refractivity contribution in [3.63, 3.8) is 0 Å². The van der Waals surface area contributed by atoms with Gasteiger partial charge in [0.1, 0.15) is 9.84 Å². The molecule has 0 amide bonds. The van der Waals surface area contributed by atoms with Gasteiger partial charge in [0.15, 0.2) is 0 Å². The van der Waals surface area contributed by atoms with E-state index in [2.05, 4.69) is 10.4 Å². The minimum atomic E-state index is -3.05. The number of hydrogen-bond acceptors (Lipinski definition) is 4. The molecule has 1 atom stereocenters. The van der Waals surface area contributed by atoms with E-state index in [1.807, 2.05) is 43.5 Å². The monoisotopic (exact) mass is 293 g/mol. The highest BCUT2D eigenvalue weighted by Crippen LogP contribution is 2.16. The Morgan fingerprint density at radius 2 is 2.00 bits per heavy atom. The van der Waals surface area contributed by atoms with Gasteiger partial charge in [0.2, 0.25) is 0 Å². The lowest BCUT2D eigenvalue weighted by Gasteiger charge is -2.14. The Hall–Kier alpha value is -1.66. The summed E-state index contributed by atoms with van der Waals surface area (Å²) in [5.74, 6) is 0.0708. The molecule has 1 aromatic carbocycles. The Bertz CT molecular complexity index is 650. The molecule has 1 aromatic heterocycles. The molecule has 1 heterocycles. The highest BCUT2D eigenvalue weighted by molar-refractivity contribution is 7.90. The molecule has 0 fully saturated rings. The van der Waals surface area contributed by atoms with Crippen molar-refractivity contribution in [1.82, 2.24) is 15.1 Å². The van der Waals surface area contributed by atoms with E-state index in [0.717, 1.165) is 11.3 Å². The molecule has 108 valence electrons. The molecule has 0 saturated heterocycles. The van der Waals surface area contributed by atoms with Crippen molar-refractivity contribution in [3.8, 4) is 5.69 Å². The smallest absolute Gasteiger partial charge is 0.149 e. The zero-order valence-electron chi connectivity index (χ0n) is 11.7. The number of para-hydroxylation sites is 1. The second-order valence-corrected chi connectivity index (χ2v) is 6.94. The summed E-state index contributed by atoms with van der Waals surface area (Å²) in [5.41, 5.74) is 1.83. The average Bonchev–Trinajstić information content (AvgIpc) is 2.87. The van der Waals surface area contributed by atoms with Crippen LogP contribution in [0.3, 0.4) is 0 Å². The molecule has 2 rings (SSSR count). The van der Waals surface area contributed by atoms with Crippen LogP contribution in [-0.4, -0.2) is 36.8 Å². The fraction of sp³-hybridized carbons (Fsp3) is 0.357. The maximum absolute atomic E-state index is 11.5. The van der Waals surface area contributed by atoms with Crippen LogP contribution in [0.5, 0.6) is 0 Å². The maximum Gasteiger partial charge on any atom is 0.149 e. The third-order valence-electron chi connectivity index (χ3n) is 2.95. The summed E-state index contributed by atoms with van der Waals surface area (Å²) in [6, 6.07) is 9.50. The van der Waals surface area contributed by atoms with Crippen LogP contribution in [0.2, 0.25) is 0 Å². The highest BCUT2D eigenvalue weighted by Gasteiger charge is 2.18. The van der Waals surface area contributed by atoms with E-state index in [9.17, 15) is 8.42 Å². The third-order valence-corrected chi connectivity index (χ3v) is 3.88. The number of sulfone groups is 1. The molecule has 0 aliphatic rings. The summed E-state index contributed by atoms with van der Waals surface area (Å²) in [4.78, 5) is 0. The van der Waals surface area contributed by atoms with Crippen molar-refractivity contribution in [2.45, 2.75) is 13.0 Å². The third kappa shape index (κ3) is 3.91. The van der Waals surface area contributed by atoms with Crippen LogP contribution < -0.4 is 5.32 Å². The standard InChI is InChI=1S/C14H19N3O2S/c1-3-15-14(11-20(2,18)19)12-9-16-17(10-12)13-7-5-4-6-8-13/h4-10,14-15H,3,11H2,1-2H3. The number of aromatic nitrogens is 2. The van der Waals surface area contributed by atoms with E-state index in [1.165, 1.54) is 6.26 Å². The molecule has 1 N–H and O–H groups in total. The van der Waals surface area contributed by atoms with Crippen LogP contribution in [0.15, 0.2) is 42.7 Å². The van der Waals surface area contributed by atoms with Crippen LogP contribution in [0.1, 0.15) is 18.5 Å². The fourth-order valence-corrected chi connectivity index (χ4v) is 2.98. The zero-order valence-corrected chi connectivity index (χ0v) is 12.5. The highest BCUT2D eigenvalue weighted by atomic mass is 32.2. The van der Waals surface area contributed by atoms with Crippen LogP contribution in [-0.2, 0) is 9.84 Å².